The van der Waals surface area contributed by atoms with Crippen LogP contribution >= 0.6 is 0 Å². The van der Waals surface area contributed by atoms with E-state index in [1.165, 1.54) is 11.9 Å². The molecule has 2 fully saturated rings. The van der Waals surface area contributed by atoms with Crippen LogP contribution in [-0.4, -0.2) is 92.8 Å². The number of nitrogens with zero attached hydrogens (tertiary/aromatic N) is 8. The average Bonchev–Trinajstić information content (AvgIpc) is 3.24. The van der Waals surface area contributed by atoms with Gasteiger partial charge in [0.15, 0.2) is 5.82 Å². The highest BCUT2D eigenvalue weighted by Crippen LogP contribution is 2.21. The van der Waals surface area contributed by atoms with Gasteiger partial charge in [-0.2, -0.15) is 5.10 Å². The molecule has 2 saturated heterocycles. The number of aromatic nitrogens is 4. The van der Waals surface area contributed by atoms with Crippen LogP contribution in [0.5, 0.6) is 0 Å². The molecule has 0 bridgehead atoms. The van der Waals surface area contributed by atoms with Gasteiger partial charge in [-0.15, -0.1) is 0 Å². The summed E-state index contributed by atoms with van der Waals surface area (Å²) < 4.78 is 1.70. The molecular weight excluding hydrogens is 348 g/mol. The van der Waals surface area contributed by atoms with Crippen molar-refractivity contribution in [3.63, 3.8) is 0 Å². The zero-order valence-electron chi connectivity index (χ0n) is 15.4. The van der Waals surface area contributed by atoms with E-state index in [2.05, 4.69) is 24.9 Å². The third-order valence-corrected chi connectivity index (χ3v) is 5.20. The van der Waals surface area contributed by atoms with Crippen LogP contribution in [0.1, 0.15) is 6.42 Å². The Kier molecular flexibility index (Phi) is 4.48. The molecule has 4 rings (SSSR count). The minimum absolute atomic E-state index is 0.134. The third kappa shape index (κ3) is 3.23. The molecule has 10 nitrogen and oxygen atoms in total. The molecule has 142 valence electrons. The Morgan fingerprint density at radius 3 is 2.48 bits per heavy atom. The number of anilines is 1. The number of rotatable bonds is 3. The molecule has 3 amide bonds. The van der Waals surface area contributed by atoms with Gasteiger partial charge in [0.2, 0.25) is 5.91 Å². The highest BCUT2D eigenvalue weighted by molar-refractivity contribution is 5.96. The van der Waals surface area contributed by atoms with Gasteiger partial charge in [0.05, 0.1) is 12.6 Å². The van der Waals surface area contributed by atoms with Gasteiger partial charge in [0.25, 0.3) is 0 Å². The lowest BCUT2D eigenvalue weighted by Crippen LogP contribution is -2.62. The summed E-state index contributed by atoms with van der Waals surface area (Å²) in [5.41, 5.74) is 0. The second kappa shape index (κ2) is 6.95. The quantitative estimate of drug-likeness (QED) is 0.752. The van der Waals surface area contributed by atoms with E-state index in [4.69, 9.17) is 0 Å². The van der Waals surface area contributed by atoms with Crippen molar-refractivity contribution in [2.45, 2.75) is 12.6 Å². The number of amides is 3. The molecule has 0 radical (unpaired) electrons. The van der Waals surface area contributed by atoms with Crippen LogP contribution < -0.4 is 4.90 Å². The molecule has 2 aromatic heterocycles. The van der Waals surface area contributed by atoms with Gasteiger partial charge < -0.3 is 9.80 Å². The van der Waals surface area contributed by atoms with Crippen molar-refractivity contribution in [1.29, 1.82) is 0 Å². The number of carbonyl (C=O) groups is 2. The van der Waals surface area contributed by atoms with Crippen molar-refractivity contribution >= 4 is 17.8 Å². The van der Waals surface area contributed by atoms with Crippen LogP contribution in [0.2, 0.25) is 0 Å². The molecule has 0 saturated carbocycles. The Morgan fingerprint density at radius 1 is 1.04 bits per heavy atom. The highest BCUT2D eigenvalue weighted by atomic mass is 16.2. The zero-order chi connectivity index (χ0) is 19.0. The minimum atomic E-state index is -0.252. The largest absolute Gasteiger partial charge is 0.354 e. The van der Waals surface area contributed by atoms with E-state index in [1.807, 2.05) is 18.3 Å². The molecule has 0 spiro atoms. The molecule has 0 aliphatic carbocycles. The summed E-state index contributed by atoms with van der Waals surface area (Å²) in [7, 11) is 3.28. The fourth-order valence-corrected chi connectivity index (χ4v) is 3.56. The molecule has 1 unspecified atom stereocenters. The van der Waals surface area contributed by atoms with Crippen molar-refractivity contribution in [3.8, 4) is 5.82 Å². The number of carbonyl (C=O) groups excluding carboxylic acids is 2. The first-order valence-electron chi connectivity index (χ1n) is 8.89. The predicted molar refractivity (Wildman–Crippen MR) is 97.3 cm³/mol. The van der Waals surface area contributed by atoms with Crippen LogP contribution in [0.3, 0.4) is 0 Å². The molecule has 2 aliphatic rings. The summed E-state index contributed by atoms with van der Waals surface area (Å²) in [6.07, 6.45) is 5.24. The first-order chi connectivity index (χ1) is 13.0. The Bertz CT molecular complexity index is 831. The predicted octanol–water partition coefficient (Wildman–Crippen LogP) is 0.0243. The summed E-state index contributed by atoms with van der Waals surface area (Å²) in [6, 6.07) is 3.51. The van der Waals surface area contributed by atoms with Gasteiger partial charge in [-0.05, 0) is 6.07 Å². The fourth-order valence-electron chi connectivity index (χ4n) is 3.56. The van der Waals surface area contributed by atoms with Crippen LogP contribution in [0.4, 0.5) is 10.6 Å². The van der Waals surface area contributed by atoms with Crippen molar-refractivity contribution in [2.75, 3.05) is 45.2 Å². The Labute approximate surface area is 157 Å². The Balaban J connectivity index is 1.43. The first kappa shape index (κ1) is 17.4. The van der Waals surface area contributed by atoms with Gasteiger partial charge in [0.1, 0.15) is 12.1 Å². The number of hydrogen-bond acceptors (Lipinski definition) is 7. The van der Waals surface area contributed by atoms with Crippen LogP contribution in [0, 0.1) is 0 Å². The standard InChI is InChI=1S/C17H22N8O2/c1-21-15(11-16(26)22(2)17(21)27)24-8-6-23(7-9-24)13-10-14(19-12-18-13)25-5-3-4-20-25/h3-5,10,12,15H,6-9,11H2,1-2H3. The second-order valence-electron chi connectivity index (χ2n) is 6.74. The zero-order valence-corrected chi connectivity index (χ0v) is 15.4. The second-order valence-corrected chi connectivity index (χ2v) is 6.74. The van der Waals surface area contributed by atoms with Crippen LogP contribution in [0.25, 0.3) is 5.82 Å². The molecular formula is C17H22N8O2. The molecule has 2 aromatic rings. The lowest BCUT2D eigenvalue weighted by atomic mass is 10.1. The summed E-state index contributed by atoms with van der Waals surface area (Å²) in [6.45, 7) is 3.02. The maximum atomic E-state index is 12.2. The monoisotopic (exact) mass is 370 g/mol. The van der Waals surface area contributed by atoms with Crippen LogP contribution in [-0.2, 0) is 4.79 Å². The Hall–Kier alpha value is -3.01. The topological polar surface area (TPSA) is 90.7 Å². The van der Waals surface area contributed by atoms with Gasteiger partial charge in [-0.1, -0.05) is 0 Å². The van der Waals surface area contributed by atoms with Gasteiger partial charge in [-0.25, -0.2) is 19.4 Å². The fraction of sp³-hybridized carbons (Fsp3) is 0.471. The molecule has 2 aliphatic heterocycles. The summed E-state index contributed by atoms with van der Waals surface area (Å²) in [4.78, 5) is 40.1. The van der Waals surface area contributed by atoms with Gasteiger partial charge in [-0.3, -0.25) is 14.6 Å². The van der Waals surface area contributed by atoms with Crippen molar-refractivity contribution in [2.24, 2.45) is 0 Å². The van der Waals surface area contributed by atoms with Crippen molar-refractivity contribution < 1.29 is 9.59 Å². The van der Waals surface area contributed by atoms with E-state index in [0.29, 0.717) is 6.42 Å². The molecule has 0 aromatic carbocycles. The molecule has 0 N–H and O–H groups in total. The highest BCUT2D eigenvalue weighted by Gasteiger charge is 2.38. The number of urea groups is 1. The summed E-state index contributed by atoms with van der Waals surface area (Å²) in [5, 5.41) is 4.20. The lowest BCUT2D eigenvalue weighted by molar-refractivity contribution is -0.134. The summed E-state index contributed by atoms with van der Waals surface area (Å²) in [5.74, 6) is 1.43. The number of piperazine rings is 1. The van der Waals surface area contributed by atoms with E-state index in [0.717, 1.165) is 37.8 Å². The average molecular weight is 370 g/mol. The molecule has 4 heterocycles. The SMILES string of the molecule is CN1C(=O)CC(N2CCN(c3cc(-n4cccn4)ncn3)CC2)N(C)C1=O. The smallest absolute Gasteiger partial charge is 0.327 e. The Morgan fingerprint density at radius 2 is 1.78 bits per heavy atom. The number of imide groups is 1. The van der Waals surface area contributed by atoms with E-state index in [9.17, 15) is 9.59 Å². The maximum Gasteiger partial charge on any atom is 0.327 e. The van der Waals surface area contributed by atoms with Crippen molar-refractivity contribution in [1.82, 2.24) is 34.4 Å². The van der Waals surface area contributed by atoms with E-state index >= 15 is 0 Å². The van der Waals surface area contributed by atoms with Gasteiger partial charge in [0, 0.05) is 58.7 Å². The van der Waals surface area contributed by atoms with Crippen molar-refractivity contribution in [3.05, 3.63) is 30.9 Å². The molecule has 1 atom stereocenters. The maximum absolute atomic E-state index is 12.2. The van der Waals surface area contributed by atoms with E-state index in [-0.39, 0.29) is 18.1 Å². The number of hydrogen-bond donors (Lipinski definition) is 0. The van der Waals surface area contributed by atoms with Gasteiger partial charge >= 0.3 is 6.03 Å². The van der Waals surface area contributed by atoms with E-state index < -0.39 is 0 Å². The van der Waals surface area contributed by atoms with Crippen LogP contribution in [0.15, 0.2) is 30.9 Å². The third-order valence-electron chi connectivity index (χ3n) is 5.20. The van der Waals surface area contributed by atoms with E-state index in [1.54, 1.807) is 29.2 Å². The molecule has 10 heteroatoms. The minimum Gasteiger partial charge on any atom is -0.354 e. The lowest BCUT2D eigenvalue weighted by Gasteiger charge is -2.45. The summed E-state index contributed by atoms with van der Waals surface area (Å²) >= 11 is 0. The molecule has 27 heavy (non-hydrogen) atoms. The first-order valence-corrected chi connectivity index (χ1v) is 8.89. The normalized spacial score (nSPS) is 21.9.